The highest BCUT2D eigenvalue weighted by atomic mass is 14.9. The topological polar surface area (TPSA) is 12.0 Å². The third-order valence-corrected chi connectivity index (χ3v) is 2.51. The summed E-state index contributed by atoms with van der Waals surface area (Å²) in [5.41, 5.74) is 1.40. The molecule has 0 bridgehead atoms. The van der Waals surface area contributed by atoms with E-state index in [9.17, 15) is 0 Å². The molecule has 1 fully saturated rings. The molecule has 1 aliphatic rings. The molecule has 1 saturated carbocycles. The van der Waals surface area contributed by atoms with E-state index >= 15 is 0 Å². The Kier molecular flexibility index (Phi) is 2.98. The average Bonchev–Trinajstić information content (AvgIpc) is 2.98. The van der Waals surface area contributed by atoms with Gasteiger partial charge in [-0.2, -0.15) is 0 Å². The standard InChI is InChI=1S/C12H16N/c1-2-4-11(5-3-1)8-9-13-10-12-6-7-12/h2-5,12-13H,6-10H2. The molecule has 0 spiro atoms. The molecule has 1 aliphatic carbocycles. The lowest BCUT2D eigenvalue weighted by atomic mass is 10.1. The summed E-state index contributed by atoms with van der Waals surface area (Å²) >= 11 is 0. The Labute approximate surface area is 80.2 Å². The van der Waals surface area contributed by atoms with E-state index in [-0.39, 0.29) is 0 Å². The quantitative estimate of drug-likeness (QED) is 0.673. The molecule has 1 aromatic rings. The van der Waals surface area contributed by atoms with Gasteiger partial charge in [-0.1, -0.05) is 24.3 Å². The first-order valence-corrected chi connectivity index (χ1v) is 5.11. The second kappa shape index (κ2) is 4.43. The molecule has 1 aromatic carbocycles. The van der Waals surface area contributed by atoms with E-state index in [0.29, 0.717) is 0 Å². The molecule has 0 aromatic heterocycles. The van der Waals surface area contributed by atoms with Crippen LogP contribution in [-0.4, -0.2) is 13.1 Å². The van der Waals surface area contributed by atoms with Crippen LogP contribution in [0.4, 0.5) is 0 Å². The molecule has 1 nitrogen and oxygen atoms in total. The third-order valence-electron chi connectivity index (χ3n) is 2.51. The highest BCUT2D eigenvalue weighted by Gasteiger charge is 2.19. The van der Waals surface area contributed by atoms with Crippen molar-refractivity contribution in [1.82, 2.24) is 5.32 Å². The summed E-state index contributed by atoms with van der Waals surface area (Å²) in [7, 11) is 0. The lowest BCUT2D eigenvalue weighted by Gasteiger charge is -2.02. The van der Waals surface area contributed by atoms with Gasteiger partial charge in [0.15, 0.2) is 0 Å². The van der Waals surface area contributed by atoms with Gasteiger partial charge in [0.25, 0.3) is 0 Å². The van der Waals surface area contributed by atoms with Gasteiger partial charge in [0.1, 0.15) is 0 Å². The van der Waals surface area contributed by atoms with Crippen LogP contribution in [0.25, 0.3) is 0 Å². The smallest absolute Gasteiger partial charge is 0.000824 e. The first kappa shape index (κ1) is 8.76. The molecule has 1 N–H and O–H groups in total. The van der Waals surface area contributed by atoms with Crippen molar-refractivity contribution in [3.05, 3.63) is 35.9 Å². The predicted octanol–water partition coefficient (Wildman–Crippen LogP) is 2.03. The highest BCUT2D eigenvalue weighted by Crippen LogP contribution is 2.27. The lowest BCUT2D eigenvalue weighted by molar-refractivity contribution is 0.637. The number of benzene rings is 1. The van der Waals surface area contributed by atoms with Crippen LogP contribution in [0.3, 0.4) is 0 Å². The van der Waals surface area contributed by atoms with Crippen molar-refractivity contribution in [1.29, 1.82) is 0 Å². The van der Waals surface area contributed by atoms with Crippen molar-refractivity contribution in [2.75, 3.05) is 13.1 Å². The molecule has 2 rings (SSSR count). The SMILES string of the molecule is [c]1ccc(CCNCC2CC2)cc1. The van der Waals surface area contributed by atoms with Gasteiger partial charge in [-0.25, -0.2) is 0 Å². The first-order chi connectivity index (χ1) is 6.45. The molecule has 0 aliphatic heterocycles. The molecular weight excluding hydrogens is 158 g/mol. The summed E-state index contributed by atoms with van der Waals surface area (Å²) < 4.78 is 0. The maximum Gasteiger partial charge on any atom is -0.000824 e. The molecule has 0 amide bonds. The van der Waals surface area contributed by atoms with E-state index in [1.165, 1.54) is 24.9 Å². The van der Waals surface area contributed by atoms with Crippen molar-refractivity contribution in [3.8, 4) is 0 Å². The zero-order valence-electron chi connectivity index (χ0n) is 7.92. The van der Waals surface area contributed by atoms with Gasteiger partial charge in [-0.3, -0.25) is 0 Å². The van der Waals surface area contributed by atoms with Gasteiger partial charge < -0.3 is 5.32 Å². The number of hydrogen-bond acceptors (Lipinski definition) is 1. The maximum absolute atomic E-state index is 3.49. The summed E-state index contributed by atoms with van der Waals surface area (Å²) in [6.07, 6.45) is 4.02. The van der Waals surface area contributed by atoms with E-state index in [0.717, 1.165) is 18.9 Å². The number of rotatable bonds is 5. The second-order valence-corrected chi connectivity index (χ2v) is 3.81. The molecule has 1 heteroatoms. The number of hydrogen-bond donors (Lipinski definition) is 1. The molecule has 13 heavy (non-hydrogen) atoms. The van der Waals surface area contributed by atoms with Crippen LogP contribution in [0.1, 0.15) is 18.4 Å². The summed E-state index contributed by atoms with van der Waals surface area (Å²) in [6, 6.07) is 11.3. The average molecular weight is 174 g/mol. The summed E-state index contributed by atoms with van der Waals surface area (Å²) in [5.74, 6) is 0.990. The predicted molar refractivity (Wildman–Crippen MR) is 54.6 cm³/mol. The fourth-order valence-corrected chi connectivity index (χ4v) is 1.45. The normalized spacial score (nSPS) is 16.0. The Balaban J connectivity index is 1.61. The molecule has 1 radical (unpaired) electrons. The Bertz CT molecular complexity index is 239. The highest BCUT2D eigenvalue weighted by molar-refractivity contribution is 5.13. The fourth-order valence-electron chi connectivity index (χ4n) is 1.45. The monoisotopic (exact) mass is 174 g/mol. The van der Waals surface area contributed by atoms with E-state index in [1.54, 1.807) is 0 Å². The Morgan fingerprint density at radius 2 is 2.08 bits per heavy atom. The Morgan fingerprint density at radius 3 is 2.77 bits per heavy atom. The van der Waals surface area contributed by atoms with Crippen LogP contribution in [0, 0.1) is 12.0 Å². The Morgan fingerprint density at radius 1 is 1.31 bits per heavy atom. The van der Waals surface area contributed by atoms with Gasteiger partial charge in [0, 0.05) is 0 Å². The molecular formula is C12H16N. The molecule has 0 saturated heterocycles. The van der Waals surface area contributed by atoms with Crippen LogP contribution in [0.2, 0.25) is 0 Å². The lowest BCUT2D eigenvalue weighted by Crippen LogP contribution is -2.19. The van der Waals surface area contributed by atoms with Crippen LogP contribution in [0.5, 0.6) is 0 Å². The summed E-state index contributed by atoms with van der Waals surface area (Å²) in [4.78, 5) is 0. The third kappa shape index (κ3) is 3.19. The van der Waals surface area contributed by atoms with Gasteiger partial charge in [-0.05, 0) is 49.9 Å². The second-order valence-electron chi connectivity index (χ2n) is 3.81. The summed E-state index contributed by atoms with van der Waals surface area (Å²) in [5, 5.41) is 3.49. The number of nitrogens with one attached hydrogen (secondary N) is 1. The van der Waals surface area contributed by atoms with Crippen LogP contribution >= 0.6 is 0 Å². The van der Waals surface area contributed by atoms with Crippen LogP contribution < -0.4 is 5.32 Å². The maximum atomic E-state index is 3.49. The van der Waals surface area contributed by atoms with E-state index in [1.807, 2.05) is 12.1 Å². The van der Waals surface area contributed by atoms with Crippen molar-refractivity contribution < 1.29 is 0 Å². The minimum atomic E-state index is 0.990. The van der Waals surface area contributed by atoms with E-state index < -0.39 is 0 Å². The van der Waals surface area contributed by atoms with Gasteiger partial charge >= 0.3 is 0 Å². The zero-order valence-corrected chi connectivity index (χ0v) is 7.92. The van der Waals surface area contributed by atoms with Crippen LogP contribution in [0.15, 0.2) is 24.3 Å². The fraction of sp³-hybridized carbons (Fsp3) is 0.500. The van der Waals surface area contributed by atoms with Crippen molar-refractivity contribution >= 4 is 0 Å². The zero-order chi connectivity index (χ0) is 8.93. The van der Waals surface area contributed by atoms with Crippen molar-refractivity contribution in [2.45, 2.75) is 19.3 Å². The van der Waals surface area contributed by atoms with Crippen molar-refractivity contribution in [3.63, 3.8) is 0 Å². The minimum absolute atomic E-state index is 0.990. The molecule has 0 unspecified atom stereocenters. The Hall–Kier alpha value is -0.820. The van der Waals surface area contributed by atoms with Gasteiger partial charge in [0.05, 0.1) is 0 Å². The first-order valence-electron chi connectivity index (χ1n) is 5.11. The molecule has 0 atom stereocenters. The summed E-state index contributed by atoms with van der Waals surface area (Å²) in [6.45, 7) is 2.33. The largest absolute Gasteiger partial charge is 0.316 e. The van der Waals surface area contributed by atoms with Crippen molar-refractivity contribution in [2.24, 2.45) is 5.92 Å². The molecule has 0 heterocycles. The minimum Gasteiger partial charge on any atom is -0.316 e. The van der Waals surface area contributed by atoms with E-state index in [4.69, 9.17) is 0 Å². The van der Waals surface area contributed by atoms with Crippen LogP contribution in [-0.2, 0) is 6.42 Å². The molecule has 69 valence electrons. The van der Waals surface area contributed by atoms with Gasteiger partial charge in [-0.15, -0.1) is 0 Å². The van der Waals surface area contributed by atoms with E-state index in [2.05, 4.69) is 23.5 Å². The van der Waals surface area contributed by atoms with Gasteiger partial charge in [0.2, 0.25) is 0 Å².